The lowest BCUT2D eigenvalue weighted by atomic mass is 10.2. The fourth-order valence-electron chi connectivity index (χ4n) is 0.830. The van der Waals surface area contributed by atoms with Crippen molar-refractivity contribution in [3.63, 3.8) is 0 Å². The van der Waals surface area contributed by atoms with Crippen molar-refractivity contribution in [1.29, 1.82) is 5.26 Å². The van der Waals surface area contributed by atoms with Crippen molar-refractivity contribution >= 4 is 37.5 Å². The summed E-state index contributed by atoms with van der Waals surface area (Å²) in [4.78, 5) is 2.51. The van der Waals surface area contributed by atoms with Gasteiger partial charge in [0, 0.05) is 9.38 Å². The Hall–Kier alpha value is -1.09. The van der Waals surface area contributed by atoms with Crippen LogP contribution in [0.5, 0.6) is 0 Å². The molecule has 0 atom stereocenters. The van der Waals surface area contributed by atoms with E-state index < -0.39 is 5.82 Å². The van der Waals surface area contributed by atoms with Gasteiger partial charge in [-0.3, -0.25) is 0 Å². The molecule has 70 valence electrons. The first-order chi connectivity index (χ1) is 6.61. The molecule has 0 unspecified atom stereocenters. The van der Waals surface area contributed by atoms with Crippen molar-refractivity contribution in [3.05, 3.63) is 36.8 Å². The van der Waals surface area contributed by atoms with Gasteiger partial charge in [-0.25, -0.2) is 4.39 Å². The summed E-state index contributed by atoms with van der Waals surface area (Å²) in [6, 6.07) is 3.01. The standard InChI is InChI=1S/C7HBr2FN4/c8-4-1-5(9)7(13-14-12)3(2-11)6(4)10/h1H. The molecule has 0 spiro atoms. The number of hydrogen-bond donors (Lipinski definition) is 0. The highest BCUT2D eigenvalue weighted by atomic mass is 79.9. The molecule has 14 heavy (non-hydrogen) atoms. The van der Waals surface area contributed by atoms with Crippen molar-refractivity contribution in [3.8, 4) is 6.07 Å². The second-order valence-corrected chi connectivity index (χ2v) is 3.89. The van der Waals surface area contributed by atoms with Gasteiger partial charge in [-0.1, -0.05) is 21.0 Å². The van der Waals surface area contributed by atoms with E-state index in [0.29, 0.717) is 4.47 Å². The molecule has 0 aliphatic heterocycles. The van der Waals surface area contributed by atoms with Crippen LogP contribution in [0.25, 0.3) is 10.4 Å². The summed E-state index contributed by atoms with van der Waals surface area (Å²) >= 11 is 5.99. The Morgan fingerprint density at radius 3 is 2.64 bits per heavy atom. The minimum atomic E-state index is -0.738. The molecule has 7 heteroatoms. The topological polar surface area (TPSA) is 72.5 Å². The van der Waals surface area contributed by atoms with Gasteiger partial charge in [0.25, 0.3) is 0 Å². The van der Waals surface area contributed by atoms with Crippen LogP contribution >= 0.6 is 31.9 Å². The van der Waals surface area contributed by atoms with Gasteiger partial charge < -0.3 is 0 Å². The quantitative estimate of drug-likeness (QED) is 0.331. The third kappa shape index (κ3) is 1.87. The van der Waals surface area contributed by atoms with E-state index in [0.717, 1.165) is 0 Å². The van der Waals surface area contributed by atoms with Gasteiger partial charge in [-0.2, -0.15) is 5.26 Å². The highest BCUT2D eigenvalue weighted by Crippen LogP contribution is 2.35. The molecular weight excluding hydrogens is 319 g/mol. The van der Waals surface area contributed by atoms with Crippen molar-refractivity contribution in [2.24, 2.45) is 5.11 Å². The van der Waals surface area contributed by atoms with Crippen molar-refractivity contribution in [1.82, 2.24) is 0 Å². The van der Waals surface area contributed by atoms with E-state index in [1.807, 2.05) is 0 Å². The number of hydrogen-bond acceptors (Lipinski definition) is 2. The first-order valence-electron chi connectivity index (χ1n) is 3.24. The molecule has 0 heterocycles. The van der Waals surface area contributed by atoms with Crippen LogP contribution in [0.4, 0.5) is 10.1 Å². The molecule has 0 aliphatic carbocycles. The van der Waals surface area contributed by atoms with Gasteiger partial charge in [0.15, 0.2) is 5.82 Å². The predicted molar refractivity (Wildman–Crippen MR) is 55.3 cm³/mol. The lowest BCUT2D eigenvalue weighted by molar-refractivity contribution is 0.617. The predicted octanol–water partition coefficient (Wildman–Crippen LogP) is 4.16. The summed E-state index contributed by atoms with van der Waals surface area (Å²) in [6.45, 7) is 0. The Bertz CT molecular complexity index is 474. The summed E-state index contributed by atoms with van der Waals surface area (Å²) < 4.78 is 13.8. The third-order valence-corrected chi connectivity index (χ3v) is 2.58. The van der Waals surface area contributed by atoms with Crippen LogP contribution < -0.4 is 0 Å². The number of azide groups is 1. The summed E-state index contributed by atoms with van der Waals surface area (Å²) in [5, 5.41) is 11.9. The first kappa shape index (κ1) is 11.0. The van der Waals surface area contributed by atoms with Gasteiger partial charge in [-0.15, -0.1) is 0 Å². The maximum absolute atomic E-state index is 13.3. The Kier molecular flexibility index (Phi) is 3.47. The van der Waals surface area contributed by atoms with E-state index in [-0.39, 0.29) is 15.7 Å². The Morgan fingerprint density at radius 2 is 2.14 bits per heavy atom. The highest BCUT2D eigenvalue weighted by molar-refractivity contribution is 9.11. The molecule has 0 bridgehead atoms. The molecule has 0 N–H and O–H groups in total. The highest BCUT2D eigenvalue weighted by Gasteiger charge is 2.14. The second kappa shape index (κ2) is 4.42. The summed E-state index contributed by atoms with van der Waals surface area (Å²) in [6.07, 6.45) is 0. The fraction of sp³-hybridized carbons (Fsp3) is 0. The van der Waals surface area contributed by atoms with Gasteiger partial charge in [0.2, 0.25) is 0 Å². The minimum Gasteiger partial charge on any atom is -0.204 e. The van der Waals surface area contributed by atoms with Gasteiger partial charge in [0.1, 0.15) is 6.07 Å². The monoisotopic (exact) mass is 318 g/mol. The van der Waals surface area contributed by atoms with E-state index >= 15 is 0 Å². The van der Waals surface area contributed by atoms with Crippen LogP contribution in [0.15, 0.2) is 20.1 Å². The zero-order valence-electron chi connectivity index (χ0n) is 6.50. The van der Waals surface area contributed by atoms with Crippen LogP contribution in [0.1, 0.15) is 5.56 Å². The zero-order chi connectivity index (χ0) is 10.7. The number of nitriles is 1. The molecule has 0 radical (unpaired) electrons. The molecule has 0 amide bonds. The van der Waals surface area contributed by atoms with Crippen LogP contribution in [0.2, 0.25) is 0 Å². The van der Waals surface area contributed by atoms with Crippen LogP contribution in [-0.2, 0) is 0 Å². The molecule has 1 rings (SSSR count). The summed E-state index contributed by atoms with van der Waals surface area (Å²) in [5.41, 5.74) is 7.88. The molecular formula is C7HBr2FN4. The molecule has 4 nitrogen and oxygen atoms in total. The number of halogens is 3. The smallest absolute Gasteiger partial charge is 0.155 e. The molecule has 1 aromatic carbocycles. The van der Waals surface area contributed by atoms with E-state index in [2.05, 4.69) is 41.9 Å². The average Bonchev–Trinajstić information content (AvgIpc) is 2.15. The molecule has 0 aliphatic rings. The molecule has 0 saturated heterocycles. The van der Waals surface area contributed by atoms with Crippen molar-refractivity contribution in [2.75, 3.05) is 0 Å². The molecule has 0 saturated carbocycles. The second-order valence-electron chi connectivity index (χ2n) is 2.18. The maximum Gasteiger partial charge on any atom is 0.155 e. The number of rotatable bonds is 1. The van der Waals surface area contributed by atoms with Crippen LogP contribution in [0, 0.1) is 17.1 Å². The lowest BCUT2D eigenvalue weighted by Crippen LogP contribution is -1.87. The Balaban J connectivity index is 3.65. The molecule has 0 fully saturated rings. The van der Waals surface area contributed by atoms with Gasteiger partial charge in [0.05, 0.1) is 15.7 Å². The van der Waals surface area contributed by atoms with E-state index in [1.54, 1.807) is 6.07 Å². The van der Waals surface area contributed by atoms with Gasteiger partial charge in [-0.05, 0) is 27.5 Å². The summed E-state index contributed by atoms with van der Waals surface area (Å²) in [5.74, 6) is -0.738. The van der Waals surface area contributed by atoms with E-state index in [4.69, 9.17) is 10.8 Å². The SMILES string of the molecule is N#Cc1c(F)c(Br)cc(Br)c1N=[N+]=[N-]. The number of benzene rings is 1. The van der Waals surface area contributed by atoms with Crippen LogP contribution in [-0.4, -0.2) is 0 Å². The third-order valence-electron chi connectivity index (χ3n) is 1.40. The lowest BCUT2D eigenvalue weighted by Gasteiger charge is -2.03. The largest absolute Gasteiger partial charge is 0.204 e. The molecule has 0 aromatic heterocycles. The first-order valence-corrected chi connectivity index (χ1v) is 4.83. The van der Waals surface area contributed by atoms with E-state index in [9.17, 15) is 4.39 Å². The fourth-order valence-corrected chi connectivity index (χ4v) is 2.07. The van der Waals surface area contributed by atoms with Gasteiger partial charge >= 0.3 is 0 Å². The Morgan fingerprint density at radius 1 is 1.50 bits per heavy atom. The Labute approximate surface area is 95.2 Å². The van der Waals surface area contributed by atoms with E-state index in [1.165, 1.54) is 6.07 Å². The zero-order valence-corrected chi connectivity index (χ0v) is 9.67. The molecule has 1 aromatic rings. The minimum absolute atomic E-state index is 0.0456. The normalized spacial score (nSPS) is 9.00. The van der Waals surface area contributed by atoms with Crippen molar-refractivity contribution in [2.45, 2.75) is 0 Å². The van der Waals surface area contributed by atoms with Crippen molar-refractivity contribution < 1.29 is 4.39 Å². The van der Waals surface area contributed by atoms with Crippen LogP contribution in [0.3, 0.4) is 0 Å². The maximum atomic E-state index is 13.3. The summed E-state index contributed by atoms with van der Waals surface area (Å²) in [7, 11) is 0. The number of nitrogens with zero attached hydrogens (tertiary/aromatic N) is 4. The average molecular weight is 320 g/mol.